The smallest absolute Gasteiger partial charge is 0.207 e. The summed E-state index contributed by atoms with van der Waals surface area (Å²) in [6.45, 7) is 2.17. The fourth-order valence-corrected chi connectivity index (χ4v) is 4.38. The van der Waals surface area contributed by atoms with Crippen molar-refractivity contribution >= 4 is 41.9 Å². The second-order valence-corrected chi connectivity index (χ2v) is 7.79. The average molecular weight is 419 g/mol. The number of rotatable bonds is 4. The molecule has 20 heavy (non-hydrogen) atoms. The summed E-state index contributed by atoms with van der Waals surface area (Å²) in [5.41, 5.74) is 1.89. The highest BCUT2D eigenvalue weighted by molar-refractivity contribution is 9.11. The lowest BCUT2D eigenvalue weighted by Gasteiger charge is -2.10. The minimum atomic E-state index is -3.56. The number of halogens is 2. The van der Waals surface area contributed by atoms with Gasteiger partial charge in [-0.3, -0.25) is 0 Å². The average Bonchev–Trinajstić information content (AvgIpc) is 2.42. The van der Waals surface area contributed by atoms with Gasteiger partial charge in [-0.25, -0.2) is 13.1 Å². The quantitative estimate of drug-likeness (QED) is 0.815. The summed E-state index contributed by atoms with van der Waals surface area (Å²) in [4.78, 5) is 0.228. The van der Waals surface area contributed by atoms with E-state index in [0.29, 0.717) is 4.47 Å². The van der Waals surface area contributed by atoms with Crippen LogP contribution in [0.2, 0.25) is 0 Å². The maximum Gasteiger partial charge on any atom is 0.242 e. The van der Waals surface area contributed by atoms with E-state index in [9.17, 15) is 8.42 Å². The molecule has 0 aliphatic carbocycles. The highest BCUT2D eigenvalue weighted by atomic mass is 79.9. The number of hydrogen-bond acceptors (Lipinski definition) is 2. The Bertz CT molecular complexity index is 715. The van der Waals surface area contributed by atoms with Crippen LogP contribution in [0.15, 0.2) is 56.3 Å². The zero-order chi connectivity index (χ0) is 14.8. The van der Waals surface area contributed by atoms with Gasteiger partial charge >= 0.3 is 0 Å². The second-order valence-electron chi connectivity index (χ2n) is 4.34. The van der Waals surface area contributed by atoms with Gasteiger partial charge in [0.15, 0.2) is 0 Å². The van der Waals surface area contributed by atoms with E-state index in [-0.39, 0.29) is 11.4 Å². The van der Waals surface area contributed by atoms with Crippen LogP contribution < -0.4 is 4.72 Å². The van der Waals surface area contributed by atoms with Crippen molar-refractivity contribution in [3.8, 4) is 0 Å². The molecule has 2 rings (SSSR count). The summed E-state index contributed by atoms with van der Waals surface area (Å²) < 4.78 is 28.6. The molecule has 0 heterocycles. The first kappa shape index (κ1) is 15.7. The van der Waals surface area contributed by atoms with E-state index in [1.807, 2.05) is 37.3 Å². The number of benzene rings is 2. The fraction of sp³-hybridized carbons (Fsp3) is 0.143. The largest absolute Gasteiger partial charge is 0.242 e. The first-order valence-corrected chi connectivity index (χ1v) is 8.96. The van der Waals surface area contributed by atoms with E-state index in [4.69, 9.17) is 0 Å². The second kappa shape index (κ2) is 6.39. The van der Waals surface area contributed by atoms with Crippen LogP contribution in [0.3, 0.4) is 0 Å². The highest BCUT2D eigenvalue weighted by Gasteiger charge is 2.18. The molecule has 0 saturated carbocycles. The predicted octanol–water partition coefficient (Wildman–Crippen LogP) is 4.00. The molecule has 0 amide bonds. The Hall–Kier alpha value is -0.690. The normalized spacial score (nSPS) is 11.6. The number of sulfonamides is 1. The molecule has 2 aromatic rings. The van der Waals surface area contributed by atoms with E-state index >= 15 is 0 Å². The summed E-state index contributed by atoms with van der Waals surface area (Å²) in [7, 11) is -3.56. The van der Waals surface area contributed by atoms with E-state index < -0.39 is 10.0 Å². The van der Waals surface area contributed by atoms with Crippen LogP contribution in [-0.2, 0) is 16.6 Å². The van der Waals surface area contributed by atoms with Gasteiger partial charge in [0.05, 0.1) is 4.90 Å². The van der Waals surface area contributed by atoms with Crippen LogP contribution in [0.4, 0.5) is 0 Å². The summed E-state index contributed by atoms with van der Waals surface area (Å²) in [6.07, 6.45) is 0. The standard InChI is InChI=1S/C14H13Br2NO2S/c1-10-7-13(16)14(8-12(10)15)20(18,19)17-9-11-5-3-2-4-6-11/h2-8,17H,9H2,1H3. The molecule has 0 unspecified atom stereocenters. The topological polar surface area (TPSA) is 46.2 Å². The Labute approximate surface area is 135 Å². The Morgan fingerprint density at radius 3 is 2.35 bits per heavy atom. The molecule has 0 fully saturated rings. The molecule has 0 bridgehead atoms. The summed E-state index contributed by atoms with van der Waals surface area (Å²) in [6, 6.07) is 12.8. The predicted molar refractivity (Wildman–Crippen MR) is 87.0 cm³/mol. The van der Waals surface area contributed by atoms with Gasteiger partial charge in [0.25, 0.3) is 0 Å². The van der Waals surface area contributed by atoms with Crippen molar-refractivity contribution in [3.05, 3.63) is 62.5 Å². The maximum absolute atomic E-state index is 12.3. The molecule has 0 aliphatic rings. The van der Waals surface area contributed by atoms with Crippen LogP contribution in [0.1, 0.15) is 11.1 Å². The maximum atomic E-state index is 12.3. The van der Waals surface area contributed by atoms with Crippen LogP contribution in [0.25, 0.3) is 0 Å². The minimum Gasteiger partial charge on any atom is -0.207 e. The van der Waals surface area contributed by atoms with Gasteiger partial charge in [-0.15, -0.1) is 0 Å². The molecular weight excluding hydrogens is 406 g/mol. The molecule has 0 aliphatic heterocycles. The van der Waals surface area contributed by atoms with Crippen molar-refractivity contribution in [1.29, 1.82) is 0 Å². The molecule has 2 aromatic carbocycles. The highest BCUT2D eigenvalue weighted by Crippen LogP contribution is 2.28. The molecule has 6 heteroatoms. The van der Waals surface area contributed by atoms with Crippen molar-refractivity contribution in [3.63, 3.8) is 0 Å². The third kappa shape index (κ3) is 3.69. The zero-order valence-electron chi connectivity index (χ0n) is 10.7. The van der Waals surface area contributed by atoms with Crippen LogP contribution in [-0.4, -0.2) is 8.42 Å². The van der Waals surface area contributed by atoms with Gasteiger partial charge in [-0.05, 0) is 46.1 Å². The molecule has 0 radical (unpaired) electrons. The molecule has 0 atom stereocenters. The Kier molecular flexibility index (Phi) is 5.01. The molecule has 0 aromatic heterocycles. The minimum absolute atomic E-state index is 0.228. The number of hydrogen-bond donors (Lipinski definition) is 1. The first-order valence-electron chi connectivity index (χ1n) is 5.89. The zero-order valence-corrected chi connectivity index (χ0v) is 14.7. The lowest BCUT2D eigenvalue weighted by Crippen LogP contribution is -2.23. The lowest BCUT2D eigenvalue weighted by atomic mass is 10.2. The van der Waals surface area contributed by atoms with Gasteiger partial charge in [-0.1, -0.05) is 46.3 Å². The van der Waals surface area contributed by atoms with Gasteiger partial charge in [0, 0.05) is 15.5 Å². The Morgan fingerprint density at radius 2 is 1.70 bits per heavy atom. The van der Waals surface area contributed by atoms with Crippen molar-refractivity contribution in [2.45, 2.75) is 18.4 Å². The third-order valence-corrected chi connectivity index (χ3v) is 6.03. The van der Waals surface area contributed by atoms with Crippen molar-refractivity contribution in [2.24, 2.45) is 0 Å². The van der Waals surface area contributed by atoms with E-state index in [1.165, 1.54) is 0 Å². The van der Waals surface area contributed by atoms with Crippen molar-refractivity contribution in [1.82, 2.24) is 4.72 Å². The van der Waals surface area contributed by atoms with Crippen LogP contribution in [0.5, 0.6) is 0 Å². The van der Waals surface area contributed by atoms with Gasteiger partial charge < -0.3 is 0 Å². The molecule has 3 nitrogen and oxygen atoms in total. The van der Waals surface area contributed by atoms with E-state index in [0.717, 1.165) is 15.6 Å². The molecule has 0 saturated heterocycles. The number of aryl methyl sites for hydroxylation is 1. The summed E-state index contributed by atoms with van der Waals surface area (Å²) >= 11 is 6.66. The van der Waals surface area contributed by atoms with Crippen LogP contribution >= 0.6 is 31.9 Å². The summed E-state index contributed by atoms with van der Waals surface area (Å²) in [5.74, 6) is 0. The molecule has 106 valence electrons. The third-order valence-electron chi connectivity index (χ3n) is 2.81. The Balaban J connectivity index is 2.25. The molecular formula is C14H13Br2NO2S. The lowest BCUT2D eigenvalue weighted by molar-refractivity contribution is 0.580. The SMILES string of the molecule is Cc1cc(Br)c(S(=O)(=O)NCc2ccccc2)cc1Br. The van der Waals surface area contributed by atoms with E-state index in [2.05, 4.69) is 36.6 Å². The van der Waals surface area contributed by atoms with Gasteiger partial charge in [0.2, 0.25) is 10.0 Å². The first-order chi connectivity index (χ1) is 9.40. The van der Waals surface area contributed by atoms with E-state index in [1.54, 1.807) is 12.1 Å². The fourth-order valence-electron chi connectivity index (χ4n) is 1.69. The van der Waals surface area contributed by atoms with Crippen molar-refractivity contribution < 1.29 is 8.42 Å². The van der Waals surface area contributed by atoms with Gasteiger partial charge in [0.1, 0.15) is 0 Å². The summed E-state index contributed by atoms with van der Waals surface area (Å²) in [5, 5.41) is 0. The molecule has 1 N–H and O–H groups in total. The monoisotopic (exact) mass is 417 g/mol. The van der Waals surface area contributed by atoms with Crippen molar-refractivity contribution in [2.75, 3.05) is 0 Å². The van der Waals surface area contributed by atoms with Crippen LogP contribution in [0, 0.1) is 6.92 Å². The van der Waals surface area contributed by atoms with Gasteiger partial charge in [-0.2, -0.15) is 0 Å². The molecule has 0 spiro atoms. The number of nitrogens with one attached hydrogen (secondary N) is 1. The Morgan fingerprint density at radius 1 is 1.05 bits per heavy atom.